The lowest BCUT2D eigenvalue weighted by Gasteiger charge is -2.09. The number of thiophene rings is 1. The summed E-state index contributed by atoms with van der Waals surface area (Å²) in [4.78, 5) is 5.89. The molecule has 1 aromatic carbocycles. The molecule has 0 fully saturated rings. The fourth-order valence-corrected chi connectivity index (χ4v) is 3.99. The molecule has 23 heavy (non-hydrogen) atoms. The molecular weight excluding hydrogens is 308 g/mol. The third kappa shape index (κ3) is 3.08. The van der Waals surface area contributed by atoms with E-state index in [1.807, 2.05) is 18.2 Å². The quantitative estimate of drug-likeness (QED) is 0.789. The van der Waals surface area contributed by atoms with Gasteiger partial charge in [-0.05, 0) is 43.4 Å². The van der Waals surface area contributed by atoms with Crippen LogP contribution in [0.3, 0.4) is 0 Å². The van der Waals surface area contributed by atoms with Crippen molar-refractivity contribution in [3.63, 3.8) is 0 Å². The van der Waals surface area contributed by atoms with Gasteiger partial charge < -0.3 is 9.47 Å². The van der Waals surface area contributed by atoms with Gasteiger partial charge >= 0.3 is 0 Å². The second-order valence-electron chi connectivity index (χ2n) is 5.37. The molecule has 0 bridgehead atoms. The lowest BCUT2D eigenvalue weighted by atomic mass is 9.96. The van der Waals surface area contributed by atoms with Crippen LogP contribution in [0.2, 0.25) is 0 Å². The smallest absolute Gasteiger partial charge is 0.134 e. The summed E-state index contributed by atoms with van der Waals surface area (Å²) in [6, 6.07) is 7.93. The van der Waals surface area contributed by atoms with Gasteiger partial charge in [-0.3, -0.25) is 0 Å². The van der Waals surface area contributed by atoms with Crippen LogP contribution in [0.1, 0.15) is 34.4 Å². The highest BCUT2D eigenvalue weighted by molar-refractivity contribution is 7.16. The van der Waals surface area contributed by atoms with Gasteiger partial charge in [0.15, 0.2) is 0 Å². The number of benzene rings is 1. The zero-order valence-corrected chi connectivity index (χ0v) is 14.1. The third-order valence-corrected chi connectivity index (χ3v) is 5.23. The Bertz CT molecular complexity index is 787. The van der Waals surface area contributed by atoms with Crippen LogP contribution in [0.5, 0.6) is 11.5 Å². The summed E-state index contributed by atoms with van der Waals surface area (Å²) in [7, 11) is 3.24. The first kappa shape index (κ1) is 15.6. The third-order valence-electron chi connectivity index (χ3n) is 4.03. The largest absolute Gasteiger partial charge is 0.497 e. The van der Waals surface area contributed by atoms with Crippen molar-refractivity contribution in [1.82, 2.24) is 0 Å². The minimum atomic E-state index is 0.702. The zero-order chi connectivity index (χ0) is 16.2. The Morgan fingerprint density at radius 1 is 1.22 bits per heavy atom. The van der Waals surface area contributed by atoms with E-state index in [9.17, 15) is 5.26 Å². The molecule has 0 saturated carbocycles. The Morgan fingerprint density at radius 3 is 2.78 bits per heavy atom. The number of methoxy groups -OCH3 is 2. The molecule has 118 valence electrons. The zero-order valence-electron chi connectivity index (χ0n) is 13.3. The minimum Gasteiger partial charge on any atom is -0.497 e. The average molecular weight is 326 g/mol. The van der Waals surface area contributed by atoms with Crippen molar-refractivity contribution >= 4 is 22.6 Å². The number of nitrogens with zero attached hydrogens (tertiary/aromatic N) is 2. The van der Waals surface area contributed by atoms with Crippen LogP contribution in [-0.4, -0.2) is 20.4 Å². The maximum absolute atomic E-state index is 9.47. The molecule has 2 aromatic rings. The van der Waals surface area contributed by atoms with Gasteiger partial charge in [0, 0.05) is 22.7 Å². The summed E-state index contributed by atoms with van der Waals surface area (Å²) in [5.41, 5.74) is 2.81. The standard InChI is InChI=1S/C18H18N2O2S/c1-21-13-8-7-12(16(9-13)22-2)11-20-18-15(10-19)14-5-3-4-6-17(14)23-18/h7-9,11H,3-6H2,1-2H3. The van der Waals surface area contributed by atoms with E-state index in [1.165, 1.54) is 16.9 Å². The second kappa shape index (κ2) is 6.84. The highest BCUT2D eigenvalue weighted by Gasteiger charge is 2.20. The molecule has 0 atom stereocenters. The van der Waals surface area contributed by atoms with Gasteiger partial charge in [-0.2, -0.15) is 5.26 Å². The minimum absolute atomic E-state index is 0.702. The molecule has 0 N–H and O–H groups in total. The van der Waals surface area contributed by atoms with Crippen molar-refractivity contribution in [3.05, 3.63) is 39.8 Å². The number of hydrogen-bond donors (Lipinski definition) is 0. The number of nitriles is 1. The summed E-state index contributed by atoms with van der Waals surface area (Å²) in [5.74, 6) is 1.44. The highest BCUT2D eigenvalue weighted by atomic mass is 32.1. The van der Waals surface area contributed by atoms with Crippen molar-refractivity contribution in [2.75, 3.05) is 14.2 Å². The molecule has 1 aliphatic carbocycles. The van der Waals surface area contributed by atoms with E-state index in [1.54, 1.807) is 31.8 Å². The van der Waals surface area contributed by atoms with Gasteiger partial charge in [0.2, 0.25) is 0 Å². The lowest BCUT2D eigenvalue weighted by Crippen LogP contribution is -1.99. The molecule has 1 aliphatic rings. The van der Waals surface area contributed by atoms with Crippen LogP contribution >= 0.6 is 11.3 Å². The lowest BCUT2D eigenvalue weighted by molar-refractivity contribution is 0.394. The fraction of sp³-hybridized carbons (Fsp3) is 0.333. The average Bonchev–Trinajstić information content (AvgIpc) is 2.97. The molecule has 0 amide bonds. The molecule has 0 saturated heterocycles. The summed E-state index contributed by atoms with van der Waals surface area (Å²) in [5, 5.41) is 10.3. The molecule has 3 rings (SSSR count). The molecule has 1 heterocycles. The van der Waals surface area contributed by atoms with Crippen molar-refractivity contribution in [3.8, 4) is 17.6 Å². The van der Waals surface area contributed by atoms with Gasteiger partial charge in [-0.25, -0.2) is 4.99 Å². The Morgan fingerprint density at radius 2 is 2.04 bits per heavy atom. The SMILES string of the molecule is COc1ccc(C=Nc2sc3c(c2C#N)CCCC3)c(OC)c1. The molecule has 5 heteroatoms. The van der Waals surface area contributed by atoms with Gasteiger partial charge in [0.25, 0.3) is 0 Å². The molecule has 0 aliphatic heterocycles. The molecule has 0 spiro atoms. The normalized spacial score (nSPS) is 13.6. The van der Waals surface area contributed by atoms with E-state index in [2.05, 4.69) is 11.1 Å². The number of aliphatic imine (C=N–C) groups is 1. The summed E-state index contributed by atoms with van der Waals surface area (Å²) in [6.07, 6.45) is 6.18. The molecule has 4 nitrogen and oxygen atoms in total. The van der Waals surface area contributed by atoms with E-state index < -0.39 is 0 Å². The second-order valence-corrected chi connectivity index (χ2v) is 6.45. The summed E-state index contributed by atoms with van der Waals surface area (Å²) in [6.45, 7) is 0. The van der Waals surface area contributed by atoms with Crippen LogP contribution in [0, 0.1) is 11.3 Å². The van der Waals surface area contributed by atoms with Crippen molar-refractivity contribution in [1.29, 1.82) is 5.26 Å². The van der Waals surface area contributed by atoms with E-state index in [0.717, 1.165) is 41.1 Å². The van der Waals surface area contributed by atoms with Crippen LogP contribution < -0.4 is 9.47 Å². The first-order chi connectivity index (χ1) is 11.3. The van der Waals surface area contributed by atoms with Gasteiger partial charge in [0.05, 0.1) is 19.8 Å². The van der Waals surface area contributed by atoms with Gasteiger partial charge in [0.1, 0.15) is 22.6 Å². The van der Waals surface area contributed by atoms with E-state index in [0.29, 0.717) is 5.75 Å². The van der Waals surface area contributed by atoms with Crippen molar-refractivity contribution in [2.24, 2.45) is 4.99 Å². The number of ether oxygens (including phenoxy) is 2. The van der Waals surface area contributed by atoms with Crippen LogP contribution in [0.25, 0.3) is 0 Å². The monoisotopic (exact) mass is 326 g/mol. The first-order valence-corrected chi connectivity index (χ1v) is 8.39. The molecular formula is C18H18N2O2S. The molecule has 0 radical (unpaired) electrons. The van der Waals surface area contributed by atoms with Crippen molar-refractivity contribution in [2.45, 2.75) is 25.7 Å². The number of rotatable bonds is 4. The number of fused-ring (bicyclic) bond motifs is 1. The van der Waals surface area contributed by atoms with Crippen LogP contribution in [-0.2, 0) is 12.8 Å². The molecule has 1 aromatic heterocycles. The van der Waals surface area contributed by atoms with E-state index in [-0.39, 0.29) is 0 Å². The predicted octanol–water partition coefficient (Wildman–Crippen LogP) is 4.27. The van der Waals surface area contributed by atoms with E-state index in [4.69, 9.17) is 9.47 Å². The van der Waals surface area contributed by atoms with Gasteiger partial charge in [-0.15, -0.1) is 11.3 Å². The first-order valence-electron chi connectivity index (χ1n) is 7.57. The van der Waals surface area contributed by atoms with Gasteiger partial charge in [-0.1, -0.05) is 0 Å². The Kier molecular flexibility index (Phi) is 4.63. The topological polar surface area (TPSA) is 54.6 Å². The Balaban J connectivity index is 1.95. The van der Waals surface area contributed by atoms with Crippen LogP contribution in [0.15, 0.2) is 23.2 Å². The fourth-order valence-electron chi connectivity index (χ4n) is 2.81. The maximum Gasteiger partial charge on any atom is 0.134 e. The Hall–Kier alpha value is -2.32. The van der Waals surface area contributed by atoms with E-state index >= 15 is 0 Å². The maximum atomic E-state index is 9.47. The molecule has 0 unspecified atom stereocenters. The number of aryl methyl sites for hydroxylation is 1. The number of hydrogen-bond acceptors (Lipinski definition) is 5. The van der Waals surface area contributed by atoms with Crippen LogP contribution in [0.4, 0.5) is 5.00 Å². The summed E-state index contributed by atoms with van der Waals surface area (Å²) < 4.78 is 10.6. The summed E-state index contributed by atoms with van der Waals surface area (Å²) >= 11 is 1.64. The predicted molar refractivity (Wildman–Crippen MR) is 92.5 cm³/mol. The Labute approximate surface area is 140 Å². The highest BCUT2D eigenvalue weighted by Crippen LogP contribution is 2.39. The van der Waals surface area contributed by atoms with Crippen molar-refractivity contribution < 1.29 is 9.47 Å².